The maximum atomic E-state index is 12.2. The molecule has 3 heterocycles. The van der Waals surface area contributed by atoms with E-state index in [1.165, 1.54) is 0 Å². The van der Waals surface area contributed by atoms with E-state index in [0.717, 1.165) is 34.4 Å². The Balaban J connectivity index is 1.51. The van der Waals surface area contributed by atoms with E-state index in [4.69, 9.17) is 0 Å². The molecule has 23 heavy (non-hydrogen) atoms. The summed E-state index contributed by atoms with van der Waals surface area (Å²) in [5.41, 5.74) is 2.60. The topological polar surface area (TPSA) is 76.0 Å². The van der Waals surface area contributed by atoms with Gasteiger partial charge in [-0.2, -0.15) is 0 Å². The molecule has 2 aromatic rings. The molecule has 6 nitrogen and oxygen atoms in total. The number of imidazole rings is 1. The van der Waals surface area contributed by atoms with Crippen LogP contribution < -0.4 is 10.6 Å². The van der Waals surface area contributed by atoms with E-state index in [1.807, 2.05) is 30.5 Å². The summed E-state index contributed by atoms with van der Waals surface area (Å²) in [6.45, 7) is 0.991. The molecule has 0 bridgehead atoms. The number of hydrogen-bond donors (Lipinski definition) is 2. The van der Waals surface area contributed by atoms with Crippen LogP contribution in [-0.4, -0.2) is 33.2 Å². The van der Waals surface area contributed by atoms with E-state index in [2.05, 4.69) is 20.2 Å². The number of benzene rings is 1. The maximum absolute atomic E-state index is 12.2. The summed E-state index contributed by atoms with van der Waals surface area (Å²) in [4.78, 5) is 28.0. The second-order valence-corrected chi connectivity index (χ2v) is 6.74. The van der Waals surface area contributed by atoms with Crippen LogP contribution in [0.15, 0.2) is 35.6 Å². The van der Waals surface area contributed by atoms with Crippen LogP contribution in [0.4, 0.5) is 5.69 Å². The number of nitrogens with one attached hydrogen (secondary N) is 2. The minimum absolute atomic E-state index is 0.0658. The number of aromatic nitrogens is 2. The van der Waals surface area contributed by atoms with Crippen molar-refractivity contribution in [1.29, 1.82) is 0 Å². The smallest absolute Gasteiger partial charge is 0.246 e. The minimum atomic E-state index is -0.432. The van der Waals surface area contributed by atoms with Gasteiger partial charge in [-0.3, -0.25) is 9.59 Å². The van der Waals surface area contributed by atoms with Crippen molar-refractivity contribution >= 4 is 29.3 Å². The highest BCUT2D eigenvalue weighted by atomic mass is 32.2. The summed E-state index contributed by atoms with van der Waals surface area (Å²) in [5, 5.41) is 6.59. The van der Waals surface area contributed by atoms with Crippen molar-refractivity contribution < 1.29 is 9.59 Å². The lowest BCUT2D eigenvalue weighted by Gasteiger charge is -2.11. The summed E-state index contributed by atoms with van der Waals surface area (Å²) in [6.07, 6.45) is 3.01. The number of rotatable bonds is 3. The predicted octanol–water partition coefficient (Wildman–Crippen LogP) is 1.87. The Bertz CT molecular complexity index is 765. The van der Waals surface area contributed by atoms with Gasteiger partial charge in [-0.1, -0.05) is 23.9 Å². The number of carbonyl (C=O) groups is 2. The second-order valence-electron chi connectivity index (χ2n) is 5.68. The van der Waals surface area contributed by atoms with Gasteiger partial charge in [0.05, 0.1) is 5.69 Å². The summed E-state index contributed by atoms with van der Waals surface area (Å²) in [7, 11) is 0. The van der Waals surface area contributed by atoms with E-state index in [0.29, 0.717) is 12.8 Å². The Morgan fingerprint density at radius 2 is 2.35 bits per heavy atom. The van der Waals surface area contributed by atoms with E-state index < -0.39 is 6.04 Å². The molecule has 1 aromatic carbocycles. The number of carbonyl (C=O) groups excluding carboxylic acids is 2. The van der Waals surface area contributed by atoms with Crippen LogP contribution in [0, 0.1) is 0 Å². The summed E-state index contributed by atoms with van der Waals surface area (Å²) in [5.74, 6) is 0.839. The Labute approximate surface area is 137 Å². The van der Waals surface area contributed by atoms with Crippen molar-refractivity contribution in [2.45, 2.75) is 30.6 Å². The van der Waals surface area contributed by atoms with Crippen molar-refractivity contribution in [3.63, 3.8) is 0 Å². The van der Waals surface area contributed by atoms with Gasteiger partial charge in [0.15, 0.2) is 5.16 Å². The van der Waals surface area contributed by atoms with Crippen molar-refractivity contribution in [3.8, 4) is 11.3 Å². The third kappa shape index (κ3) is 2.84. The van der Waals surface area contributed by atoms with Crippen molar-refractivity contribution in [3.05, 3.63) is 30.5 Å². The Morgan fingerprint density at radius 3 is 3.13 bits per heavy atom. The molecule has 0 radical (unpaired) electrons. The van der Waals surface area contributed by atoms with E-state index >= 15 is 0 Å². The van der Waals surface area contributed by atoms with Crippen molar-refractivity contribution in [2.24, 2.45) is 0 Å². The highest BCUT2D eigenvalue weighted by Crippen LogP contribution is 2.29. The fourth-order valence-electron chi connectivity index (χ4n) is 2.85. The van der Waals surface area contributed by atoms with E-state index in [1.54, 1.807) is 11.8 Å². The highest BCUT2D eigenvalue weighted by molar-refractivity contribution is 7.99. The lowest BCUT2D eigenvalue weighted by molar-refractivity contribution is -0.122. The number of fused-ring (bicyclic) bond motifs is 1. The van der Waals surface area contributed by atoms with Gasteiger partial charge in [-0.15, -0.1) is 0 Å². The molecule has 1 aromatic heterocycles. The molecule has 0 spiro atoms. The molecule has 1 fully saturated rings. The lowest BCUT2D eigenvalue weighted by atomic mass is 10.1. The van der Waals surface area contributed by atoms with Gasteiger partial charge < -0.3 is 15.2 Å². The second kappa shape index (κ2) is 5.73. The molecule has 2 aliphatic rings. The molecule has 1 atom stereocenters. The standard InChI is InChI=1S/C16H16N4O2S/c21-14-5-4-12(18-14)15(22)17-11-3-1-2-10(8-11)13-9-20-6-7-23-16(20)19-13/h1-3,8-9,12H,4-7H2,(H,17,22)(H,18,21). The predicted molar refractivity (Wildman–Crippen MR) is 88.2 cm³/mol. The van der Waals surface area contributed by atoms with Gasteiger partial charge in [0.2, 0.25) is 11.8 Å². The number of anilines is 1. The summed E-state index contributed by atoms with van der Waals surface area (Å²) >= 11 is 1.76. The quantitative estimate of drug-likeness (QED) is 0.902. The van der Waals surface area contributed by atoms with E-state index in [-0.39, 0.29) is 11.8 Å². The number of amides is 2. The number of hydrogen-bond acceptors (Lipinski definition) is 4. The lowest BCUT2D eigenvalue weighted by Crippen LogP contribution is -2.37. The first-order valence-electron chi connectivity index (χ1n) is 7.60. The normalized spacial score (nSPS) is 19.5. The Hall–Kier alpha value is -2.28. The molecule has 118 valence electrons. The minimum Gasteiger partial charge on any atom is -0.344 e. The first-order chi connectivity index (χ1) is 11.2. The largest absolute Gasteiger partial charge is 0.344 e. The van der Waals surface area contributed by atoms with Gasteiger partial charge in [0.1, 0.15) is 6.04 Å². The molecule has 2 amide bonds. The molecule has 2 N–H and O–H groups in total. The Morgan fingerprint density at radius 1 is 1.43 bits per heavy atom. The van der Waals surface area contributed by atoms with Crippen LogP contribution in [0.25, 0.3) is 11.3 Å². The average molecular weight is 328 g/mol. The molecular weight excluding hydrogens is 312 g/mol. The summed E-state index contributed by atoms with van der Waals surface area (Å²) < 4.78 is 2.15. The van der Waals surface area contributed by atoms with E-state index in [9.17, 15) is 9.59 Å². The zero-order valence-corrected chi connectivity index (χ0v) is 13.2. The maximum Gasteiger partial charge on any atom is 0.246 e. The zero-order chi connectivity index (χ0) is 15.8. The molecular formula is C16H16N4O2S. The van der Waals surface area contributed by atoms with Crippen LogP contribution >= 0.6 is 11.8 Å². The van der Waals surface area contributed by atoms with Gasteiger partial charge in [0.25, 0.3) is 0 Å². The Kier molecular flexibility index (Phi) is 3.57. The number of aryl methyl sites for hydroxylation is 1. The number of thioether (sulfide) groups is 1. The van der Waals surface area contributed by atoms with Crippen molar-refractivity contribution in [1.82, 2.24) is 14.9 Å². The van der Waals surface area contributed by atoms with Gasteiger partial charge >= 0.3 is 0 Å². The third-order valence-corrected chi connectivity index (χ3v) is 5.01. The van der Waals surface area contributed by atoms with Gasteiger partial charge in [-0.05, 0) is 18.6 Å². The van der Waals surface area contributed by atoms with Crippen molar-refractivity contribution in [2.75, 3.05) is 11.1 Å². The average Bonchev–Trinajstić information content (AvgIpc) is 3.22. The fraction of sp³-hybridized carbons (Fsp3) is 0.312. The molecule has 1 saturated heterocycles. The SMILES string of the molecule is O=C1CCC(C(=O)Nc2cccc(-c3cn4c(n3)SCC4)c2)N1. The zero-order valence-electron chi connectivity index (χ0n) is 12.4. The van der Waals surface area contributed by atoms with Gasteiger partial charge in [0, 0.05) is 36.2 Å². The van der Waals surface area contributed by atoms with Crippen LogP contribution in [0.5, 0.6) is 0 Å². The van der Waals surface area contributed by atoms with Gasteiger partial charge in [-0.25, -0.2) is 4.98 Å². The summed E-state index contributed by atoms with van der Waals surface area (Å²) in [6, 6.07) is 7.21. The molecule has 2 aliphatic heterocycles. The molecule has 0 aliphatic carbocycles. The molecule has 7 heteroatoms. The molecule has 4 rings (SSSR count). The van der Waals surface area contributed by atoms with Crippen LogP contribution in [0.3, 0.4) is 0 Å². The first-order valence-corrected chi connectivity index (χ1v) is 8.58. The van der Waals surface area contributed by atoms with Crippen LogP contribution in [0.2, 0.25) is 0 Å². The van der Waals surface area contributed by atoms with Crippen LogP contribution in [0.1, 0.15) is 12.8 Å². The molecule has 1 unspecified atom stereocenters. The fourth-order valence-corrected chi connectivity index (χ4v) is 3.79. The molecule has 0 saturated carbocycles. The first kappa shape index (κ1) is 14.3. The highest BCUT2D eigenvalue weighted by Gasteiger charge is 2.27. The number of nitrogens with zero attached hydrogens (tertiary/aromatic N) is 2. The third-order valence-electron chi connectivity index (χ3n) is 4.04. The van der Waals surface area contributed by atoms with Crippen LogP contribution in [-0.2, 0) is 16.1 Å². The monoisotopic (exact) mass is 328 g/mol.